The zero-order valence-corrected chi connectivity index (χ0v) is 14.2. The molecule has 0 bridgehead atoms. The molecule has 24 heavy (non-hydrogen) atoms. The second-order valence-corrected chi connectivity index (χ2v) is 6.94. The number of rotatable bonds is 6. The lowest BCUT2D eigenvalue weighted by Gasteiger charge is -2.13. The van der Waals surface area contributed by atoms with Gasteiger partial charge in [-0.25, -0.2) is 18.4 Å². The van der Waals surface area contributed by atoms with E-state index in [4.69, 9.17) is 15.6 Å². The van der Waals surface area contributed by atoms with E-state index in [1.807, 2.05) is 0 Å². The number of aromatic nitrogens is 2. The van der Waals surface area contributed by atoms with E-state index in [0.29, 0.717) is 11.4 Å². The molecule has 2 rings (SSSR count). The first kappa shape index (κ1) is 17.9. The van der Waals surface area contributed by atoms with Gasteiger partial charge in [-0.05, 0) is 32.0 Å². The summed E-state index contributed by atoms with van der Waals surface area (Å²) in [5.74, 6) is -0.385. The Labute approximate surface area is 140 Å². The van der Waals surface area contributed by atoms with Crippen molar-refractivity contribution in [1.29, 1.82) is 0 Å². The quantitative estimate of drug-likeness (QED) is 0.752. The van der Waals surface area contributed by atoms with Crippen LogP contribution in [0, 0.1) is 13.8 Å². The molecule has 2 aromatic rings. The van der Waals surface area contributed by atoms with Crippen LogP contribution in [0.15, 0.2) is 47.2 Å². The first-order chi connectivity index (χ1) is 11.4. The lowest BCUT2D eigenvalue weighted by Crippen LogP contribution is -2.17. The number of nitrogens with two attached hydrogens (primary N) is 1. The molecule has 0 saturated carbocycles. The molecule has 7 nitrogen and oxygen atoms in total. The molecule has 3 N–H and O–H groups in total. The maximum atomic E-state index is 13.0. The summed E-state index contributed by atoms with van der Waals surface area (Å²) in [6.45, 7) is 3.03. The van der Waals surface area contributed by atoms with Crippen LogP contribution in [-0.4, -0.2) is 36.7 Å². The summed E-state index contributed by atoms with van der Waals surface area (Å²) >= 11 is 0. The molecule has 0 amide bonds. The van der Waals surface area contributed by atoms with E-state index in [-0.39, 0.29) is 34.7 Å². The minimum absolute atomic E-state index is 0.0354. The van der Waals surface area contributed by atoms with E-state index in [2.05, 4.69) is 9.97 Å². The average molecular weight is 349 g/mol. The van der Waals surface area contributed by atoms with Gasteiger partial charge in [-0.2, -0.15) is 0 Å². The molecule has 0 radical (unpaired) electrons. The minimum Gasteiger partial charge on any atom is -0.476 e. The summed E-state index contributed by atoms with van der Waals surface area (Å²) in [5.41, 5.74) is 7.06. The number of nitrogens with zero attached hydrogens (tertiary/aromatic N) is 2. The molecule has 1 aromatic carbocycles. The normalized spacial score (nSPS) is 12.6. The van der Waals surface area contributed by atoms with Gasteiger partial charge in [0.05, 0.1) is 11.5 Å². The van der Waals surface area contributed by atoms with Gasteiger partial charge in [0.1, 0.15) is 6.61 Å². The number of ether oxygens (including phenoxy) is 1. The standard InChI is InChI=1S/C16H19N3O4S/c1-11-10-12(2)19-16(18-11)14(15(17)23-9-8-20)24(21,22)13-6-4-3-5-7-13/h3-7,10,20H,8-9,17H2,1-2H3. The molecular formula is C16H19N3O4S. The van der Waals surface area contributed by atoms with Crippen LogP contribution < -0.4 is 5.73 Å². The number of hydrogen-bond donors (Lipinski definition) is 2. The fourth-order valence-corrected chi connectivity index (χ4v) is 3.54. The first-order valence-electron chi connectivity index (χ1n) is 7.22. The SMILES string of the molecule is Cc1cc(C)nc(C(=C(N)OCCO)S(=O)(=O)c2ccccc2)n1. The highest BCUT2D eigenvalue weighted by Gasteiger charge is 2.29. The molecule has 0 spiro atoms. The van der Waals surface area contributed by atoms with Crippen molar-refractivity contribution in [2.45, 2.75) is 18.7 Å². The van der Waals surface area contributed by atoms with Crippen LogP contribution in [0.3, 0.4) is 0 Å². The maximum absolute atomic E-state index is 13.0. The monoisotopic (exact) mass is 349 g/mol. The largest absolute Gasteiger partial charge is 0.476 e. The zero-order valence-electron chi connectivity index (χ0n) is 13.4. The molecule has 1 aromatic heterocycles. The van der Waals surface area contributed by atoms with Gasteiger partial charge in [0.15, 0.2) is 10.7 Å². The van der Waals surface area contributed by atoms with E-state index < -0.39 is 9.84 Å². The lowest BCUT2D eigenvalue weighted by atomic mass is 10.3. The van der Waals surface area contributed by atoms with Gasteiger partial charge in [-0.1, -0.05) is 18.2 Å². The molecule has 0 aliphatic carbocycles. The third kappa shape index (κ3) is 3.90. The van der Waals surface area contributed by atoms with Gasteiger partial charge in [0.25, 0.3) is 0 Å². The molecule has 0 fully saturated rings. The summed E-state index contributed by atoms with van der Waals surface area (Å²) in [4.78, 5) is 8.11. The van der Waals surface area contributed by atoms with Gasteiger partial charge in [-0.3, -0.25) is 0 Å². The Bertz CT molecular complexity index is 829. The number of aryl methyl sites for hydroxylation is 2. The third-order valence-electron chi connectivity index (χ3n) is 3.08. The predicted molar refractivity (Wildman–Crippen MR) is 89.3 cm³/mol. The van der Waals surface area contributed by atoms with E-state index in [9.17, 15) is 8.42 Å². The van der Waals surface area contributed by atoms with Crippen molar-refractivity contribution in [3.8, 4) is 0 Å². The van der Waals surface area contributed by atoms with Crippen molar-refractivity contribution < 1.29 is 18.3 Å². The van der Waals surface area contributed by atoms with Crippen molar-refractivity contribution in [2.24, 2.45) is 5.73 Å². The molecule has 0 aliphatic rings. The zero-order chi connectivity index (χ0) is 17.7. The molecule has 128 valence electrons. The summed E-state index contributed by atoms with van der Waals surface area (Å²) in [6, 6.07) is 9.56. The average Bonchev–Trinajstić information content (AvgIpc) is 2.52. The fraction of sp³-hybridized carbons (Fsp3) is 0.250. The molecule has 1 heterocycles. The molecule has 8 heteroatoms. The summed E-state index contributed by atoms with van der Waals surface area (Å²) < 4.78 is 31.1. The van der Waals surface area contributed by atoms with Crippen LogP contribution in [0.4, 0.5) is 0 Å². The van der Waals surface area contributed by atoms with E-state index in [1.54, 1.807) is 38.1 Å². The van der Waals surface area contributed by atoms with Crippen LogP contribution in [0.2, 0.25) is 0 Å². The first-order valence-corrected chi connectivity index (χ1v) is 8.70. The maximum Gasteiger partial charge on any atom is 0.215 e. The topological polar surface area (TPSA) is 115 Å². The van der Waals surface area contributed by atoms with Gasteiger partial charge in [-0.15, -0.1) is 0 Å². The Hall–Kier alpha value is -2.45. The number of benzene rings is 1. The Morgan fingerprint density at radius 3 is 2.29 bits per heavy atom. The van der Waals surface area contributed by atoms with E-state index in [1.165, 1.54) is 12.1 Å². The smallest absolute Gasteiger partial charge is 0.215 e. The van der Waals surface area contributed by atoms with Crippen molar-refractivity contribution in [3.05, 3.63) is 59.5 Å². The molecular weight excluding hydrogens is 330 g/mol. The van der Waals surface area contributed by atoms with Crippen molar-refractivity contribution in [3.63, 3.8) is 0 Å². The van der Waals surface area contributed by atoms with Crippen LogP contribution in [-0.2, 0) is 14.6 Å². The third-order valence-corrected chi connectivity index (χ3v) is 4.89. The second kappa shape index (κ2) is 7.41. The number of aliphatic hydroxyl groups excluding tert-OH is 1. The predicted octanol–water partition coefficient (Wildman–Crippen LogP) is 1.16. The highest BCUT2D eigenvalue weighted by atomic mass is 32.2. The van der Waals surface area contributed by atoms with Crippen LogP contribution >= 0.6 is 0 Å². The Morgan fingerprint density at radius 1 is 1.17 bits per heavy atom. The van der Waals surface area contributed by atoms with Gasteiger partial charge >= 0.3 is 0 Å². The van der Waals surface area contributed by atoms with Crippen molar-refractivity contribution in [1.82, 2.24) is 9.97 Å². The molecule has 0 unspecified atom stereocenters. The highest BCUT2D eigenvalue weighted by Crippen LogP contribution is 2.28. The lowest BCUT2D eigenvalue weighted by molar-refractivity contribution is 0.145. The van der Waals surface area contributed by atoms with Gasteiger partial charge in [0, 0.05) is 11.4 Å². The highest BCUT2D eigenvalue weighted by molar-refractivity contribution is 8.00. The van der Waals surface area contributed by atoms with Crippen LogP contribution in [0.25, 0.3) is 4.91 Å². The number of sulfone groups is 1. The van der Waals surface area contributed by atoms with Crippen molar-refractivity contribution in [2.75, 3.05) is 13.2 Å². The van der Waals surface area contributed by atoms with Crippen LogP contribution in [0.1, 0.15) is 17.2 Å². The summed E-state index contributed by atoms with van der Waals surface area (Å²) in [7, 11) is -3.99. The van der Waals surface area contributed by atoms with E-state index in [0.717, 1.165) is 0 Å². The fourth-order valence-electron chi connectivity index (χ4n) is 2.13. The van der Waals surface area contributed by atoms with Gasteiger partial charge in [0.2, 0.25) is 15.7 Å². The second-order valence-electron chi connectivity index (χ2n) is 5.06. The molecule has 0 atom stereocenters. The summed E-state index contributed by atoms with van der Waals surface area (Å²) in [5, 5.41) is 8.89. The number of aliphatic hydroxyl groups is 1. The number of hydrogen-bond acceptors (Lipinski definition) is 7. The minimum atomic E-state index is -3.99. The van der Waals surface area contributed by atoms with Crippen molar-refractivity contribution >= 4 is 14.7 Å². The molecule has 0 saturated heterocycles. The molecule has 0 aliphatic heterocycles. The Balaban J connectivity index is 2.68. The summed E-state index contributed by atoms with van der Waals surface area (Å²) in [6.07, 6.45) is 0. The van der Waals surface area contributed by atoms with E-state index >= 15 is 0 Å². The van der Waals surface area contributed by atoms with Gasteiger partial charge < -0.3 is 15.6 Å². The Morgan fingerprint density at radius 2 is 1.75 bits per heavy atom. The Kier molecular flexibility index (Phi) is 5.53. The van der Waals surface area contributed by atoms with Crippen LogP contribution in [0.5, 0.6) is 0 Å².